The SMILES string of the molecule is CC(=O)OC[C@H]1O[C@H]2O[C@@](C)(OCCCCCCNc3ccc(C(C)(C)C)cc3)O[C@H]2[C@@H](OC(C)=O)[C@@H]1OC(C)=O. The van der Waals surface area contributed by atoms with Gasteiger partial charge in [-0.3, -0.25) is 19.1 Å². The van der Waals surface area contributed by atoms with Gasteiger partial charge >= 0.3 is 17.9 Å². The van der Waals surface area contributed by atoms with E-state index in [1.54, 1.807) is 6.92 Å². The molecule has 1 aromatic carbocycles. The standard InChI is InChI=1S/C30H45NO10/c1-19(32)35-18-24-25(37-20(2)33)26(38-21(3)34)27-28(39-24)41-30(7,40-27)36-17-11-9-8-10-16-31-23-14-12-22(13-15-23)29(4,5)6/h12-15,24-28,31H,8-11,16-18H2,1-7H3/t24-,25-,26+,27+,28+,30+/m1/s1. The lowest BCUT2D eigenvalue weighted by Gasteiger charge is -2.40. The largest absolute Gasteiger partial charge is 0.463 e. The Labute approximate surface area is 242 Å². The lowest BCUT2D eigenvalue weighted by atomic mass is 9.87. The lowest BCUT2D eigenvalue weighted by Crippen LogP contribution is -2.60. The molecule has 11 nitrogen and oxygen atoms in total. The molecule has 2 heterocycles. The quantitative estimate of drug-likeness (QED) is 0.205. The van der Waals surface area contributed by atoms with E-state index < -0.39 is 54.6 Å². The molecule has 0 bridgehead atoms. The number of hydrogen-bond donors (Lipinski definition) is 1. The van der Waals surface area contributed by atoms with Crippen molar-refractivity contribution in [2.24, 2.45) is 0 Å². The Morgan fingerprint density at radius 3 is 2.12 bits per heavy atom. The maximum absolute atomic E-state index is 11.9. The maximum atomic E-state index is 11.9. The number of fused-ring (bicyclic) bond motifs is 1. The lowest BCUT2D eigenvalue weighted by molar-refractivity contribution is -0.344. The van der Waals surface area contributed by atoms with Crippen molar-refractivity contribution < 1.29 is 47.5 Å². The second-order valence-electron chi connectivity index (χ2n) is 11.6. The number of anilines is 1. The Bertz CT molecular complexity index is 1020. The Morgan fingerprint density at radius 2 is 1.51 bits per heavy atom. The van der Waals surface area contributed by atoms with Gasteiger partial charge in [0, 0.05) is 39.9 Å². The molecule has 2 fully saturated rings. The number of ether oxygens (including phenoxy) is 7. The molecule has 11 heteroatoms. The summed E-state index contributed by atoms with van der Waals surface area (Å²) in [5, 5.41) is 3.47. The van der Waals surface area contributed by atoms with Crippen LogP contribution in [-0.4, -0.2) is 74.3 Å². The third kappa shape index (κ3) is 9.95. The van der Waals surface area contributed by atoms with Crippen molar-refractivity contribution in [3.63, 3.8) is 0 Å². The smallest absolute Gasteiger partial charge is 0.303 e. The third-order valence-electron chi connectivity index (χ3n) is 6.84. The van der Waals surface area contributed by atoms with Crippen molar-refractivity contribution in [2.75, 3.05) is 25.1 Å². The van der Waals surface area contributed by atoms with Gasteiger partial charge < -0.3 is 33.7 Å². The van der Waals surface area contributed by atoms with Gasteiger partial charge in [0.2, 0.25) is 0 Å². The van der Waals surface area contributed by atoms with E-state index in [9.17, 15) is 14.4 Å². The first-order valence-electron chi connectivity index (χ1n) is 14.2. The molecule has 6 atom stereocenters. The van der Waals surface area contributed by atoms with Crippen molar-refractivity contribution >= 4 is 23.6 Å². The van der Waals surface area contributed by atoms with Crippen LogP contribution in [0, 0.1) is 0 Å². The summed E-state index contributed by atoms with van der Waals surface area (Å²) >= 11 is 0. The van der Waals surface area contributed by atoms with Gasteiger partial charge in [-0.1, -0.05) is 45.7 Å². The van der Waals surface area contributed by atoms with E-state index in [-0.39, 0.29) is 12.0 Å². The van der Waals surface area contributed by atoms with Gasteiger partial charge in [0.15, 0.2) is 24.6 Å². The Kier molecular flexibility index (Phi) is 11.5. The molecule has 41 heavy (non-hydrogen) atoms. The summed E-state index contributed by atoms with van der Waals surface area (Å²) < 4.78 is 39.8. The van der Waals surface area contributed by atoms with E-state index >= 15 is 0 Å². The molecule has 1 aromatic rings. The van der Waals surface area contributed by atoms with Gasteiger partial charge in [-0.2, -0.15) is 0 Å². The van der Waals surface area contributed by atoms with Gasteiger partial charge in [-0.25, -0.2) is 0 Å². The molecule has 0 spiro atoms. The summed E-state index contributed by atoms with van der Waals surface area (Å²) in [4.78, 5) is 35.1. The first kappa shape index (κ1) is 32.8. The molecule has 0 unspecified atom stereocenters. The highest BCUT2D eigenvalue weighted by molar-refractivity contribution is 5.68. The van der Waals surface area contributed by atoms with Crippen LogP contribution in [0.15, 0.2) is 24.3 Å². The Morgan fingerprint density at radius 1 is 0.878 bits per heavy atom. The van der Waals surface area contributed by atoms with Crippen LogP contribution in [0.3, 0.4) is 0 Å². The summed E-state index contributed by atoms with van der Waals surface area (Å²) in [5.74, 6) is -3.23. The van der Waals surface area contributed by atoms with Crippen molar-refractivity contribution in [3.05, 3.63) is 29.8 Å². The van der Waals surface area contributed by atoms with E-state index in [1.807, 2.05) is 0 Å². The predicted molar refractivity (Wildman–Crippen MR) is 149 cm³/mol. The van der Waals surface area contributed by atoms with Crippen LogP contribution in [0.2, 0.25) is 0 Å². The van der Waals surface area contributed by atoms with Crippen molar-refractivity contribution in [1.29, 1.82) is 0 Å². The highest BCUT2D eigenvalue weighted by Crippen LogP contribution is 2.39. The van der Waals surface area contributed by atoms with Gasteiger partial charge in [0.05, 0.1) is 6.61 Å². The number of hydrogen-bond acceptors (Lipinski definition) is 11. The molecule has 2 aliphatic heterocycles. The maximum Gasteiger partial charge on any atom is 0.303 e. The van der Waals surface area contributed by atoms with Crippen molar-refractivity contribution in [3.8, 4) is 0 Å². The summed E-state index contributed by atoms with van der Waals surface area (Å²) in [6.45, 7) is 13.0. The zero-order valence-electron chi connectivity index (χ0n) is 25.2. The molecule has 0 aliphatic carbocycles. The monoisotopic (exact) mass is 579 g/mol. The van der Waals surface area contributed by atoms with E-state index in [1.165, 1.54) is 26.3 Å². The molecule has 230 valence electrons. The molecule has 2 aliphatic rings. The second-order valence-corrected chi connectivity index (χ2v) is 11.6. The summed E-state index contributed by atoms with van der Waals surface area (Å²) in [6, 6.07) is 8.58. The number of carbonyl (C=O) groups excluding carboxylic acids is 3. The minimum Gasteiger partial charge on any atom is -0.463 e. The minimum absolute atomic E-state index is 0.140. The van der Waals surface area contributed by atoms with Crippen LogP contribution >= 0.6 is 0 Å². The number of esters is 3. The average molecular weight is 580 g/mol. The highest BCUT2D eigenvalue weighted by atomic mass is 16.9. The summed E-state index contributed by atoms with van der Waals surface area (Å²) in [7, 11) is 0. The van der Waals surface area contributed by atoms with Crippen LogP contribution < -0.4 is 5.32 Å². The fourth-order valence-corrected chi connectivity index (χ4v) is 4.80. The van der Waals surface area contributed by atoms with E-state index in [4.69, 9.17) is 33.2 Å². The number of rotatable bonds is 13. The zero-order chi connectivity index (χ0) is 30.2. The summed E-state index contributed by atoms with van der Waals surface area (Å²) in [5.41, 5.74) is 2.57. The molecule has 3 rings (SSSR count). The molecule has 0 radical (unpaired) electrons. The van der Waals surface area contributed by atoms with Gasteiger partial charge in [-0.15, -0.1) is 0 Å². The van der Waals surface area contributed by atoms with E-state index in [0.29, 0.717) is 6.61 Å². The van der Waals surface area contributed by atoms with Crippen molar-refractivity contribution in [2.45, 2.75) is 116 Å². The minimum atomic E-state index is -1.47. The second kappa shape index (κ2) is 14.4. The van der Waals surface area contributed by atoms with Crippen LogP contribution in [-0.2, 0) is 53.0 Å². The fraction of sp³-hybridized carbons (Fsp3) is 0.700. The van der Waals surface area contributed by atoms with E-state index in [0.717, 1.165) is 37.9 Å². The zero-order valence-corrected chi connectivity index (χ0v) is 25.2. The normalized spacial score (nSPS) is 27.5. The average Bonchev–Trinajstić information content (AvgIpc) is 3.21. The van der Waals surface area contributed by atoms with Crippen LogP contribution in [0.1, 0.15) is 79.7 Å². The molecular formula is C30H45NO10. The summed E-state index contributed by atoms with van der Waals surface area (Å²) in [6.07, 6.45) is -1.20. The molecular weight excluding hydrogens is 534 g/mol. The number of nitrogens with one attached hydrogen (secondary N) is 1. The van der Waals surface area contributed by atoms with Crippen LogP contribution in [0.5, 0.6) is 0 Å². The topological polar surface area (TPSA) is 128 Å². The predicted octanol–water partition coefficient (Wildman–Crippen LogP) is 4.21. The fourth-order valence-electron chi connectivity index (χ4n) is 4.80. The molecule has 0 saturated carbocycles. The Hall–Kier alpha value is -2.73. The van der Waals surface area contributed by atoms with Gasteiger partial charge in [0.1, 0.15) is 12.7 Å². The van der Waals surface area contributed by atoms with Gasteiger partial charge in [-0.05, 0) is 36.0 Å². The number of carbonyl (C=O) groups is 3. The van der Waals surface area contributed by atoms with Crippen LogP contribution in [0.4, 0.5) is 5.69 Å². The van der Waals surface area contributed by atoms with Crippen molar-refractivity contribution in [1.82, 2.24) is 0 Å². The van der Waals surface area contributed by atoms with Gasteiger partial charge in [0.25, 0.3) is 5.97 Å². The Balaban J connectivity index is 1.45. The number of unbranched alkanes of at least 4 members (excludes halogenated alkanes) is 3. The molecule has 0 amide bonds. The first-order chi connectivity index (χ1) is 19.3. The van der Waals surface area contributed by atoms with Crippen LogP contribution in [0.25, 0.3) is 0 Å². The van der Waals surface area contributed by atoms with E-state index in [2.05, 4.69) is 50.4 Å². The third-order valence-corrected chi connectivity index (χ3v) is 6.84. The first-order valence-corrected chi connectivity index (χ1v) is 14.2. The highest BCUT2D eigenvalue weighted by Gasteiger charge is 2.59. The molecule has 2 saturated heterocycles. The number of benzene rings is 1. The molecule has 0 aromatic heterocycles. The molecule has 1 N–H and O–H groups in total.